The zero-order chi connectivity index (χ0) is 15.8. The number of nitriles is 1. The fraction of sp³-hybridized carbons (Fsp3) is 0.357. The predicted molar refractivity (Wildman–Crippen MR) is 69.7 cm³/mol. The van der Waals surface area contributed by atoms with Crippen LogP contribution in [0.5, 0.6) is 0 Å². The third kappa shape index (κ3) is 2.23. The van der Waals surface area contributed by atoms with Crippen LogP contribution in [0.1, 0.15) is 17.9 Å². The molecule has 0 radical (unpaired) electrons. The molecule has 114 valence electrons. The minimum absolute atomic E-state index is 0.0787. The molecule has 0 bridgehead atoms. The van der Waals surface area contributed by atoms with E-state index in [-0.39, 0.29) is 25.3 Å². The van der Waals surface area contributed by atoms with Crippen LogP contribution in [0.15, 0.2) is 28.8 Å². The summed E-state index contributed by atoms with van der Waals surface area (Å²) in [5.74, 6) is -0.348. The van der Waals surface area contributed by atoms with Crippen LogP contribution in [-0.4, -0.2) is 29.4 Å². The quantitative estimate of drug-likeness (QED) is 0.922. The SMILES string of the molecule is N#Cc1ccc(-c2noc([C@]3(C(F)(F)F)CCNC3)n2)cc1. The van der Waals surface area contributed by atoms with Crippen molar-refractivity contribution in [2.24, 2.45) is 0 Å². The van der Waals surface area contributed by atoms with Crippen molar-refractivity contribution >= 4 is 0 Å². The van der Waals surface area contributed by atoms with E-state index in [0.29, 0.717) is 11.1 Å². The van der Waals surface area contributed by atoms with Gasteiger partial charge in [0.15, 0.2) is 5.41 Å². The van der Waals surface area contributed by atoms with Crippen LogP contribution in [0.4, 0.5) is 13.2 Å². The van der Waals surface area contributed by atoms with Crippen LogP contribution in [0.25, 0.3) is 11.4 Å². The summed E-state index contributed by atoms with van der Waals surface area (Å²) in [6.07, 6.45) is -4.60. The molecule has 1 aromatic heterocycles. The van der Waals surface area contributed by atoms with Gasteiger partial charge in [-0.1, -0.05) is 5.16 Å². The van der Waals surface area contributed by atoms with Gasteiger partial charge in [-0.05, 0) is 37.2 Å². The maximum Gasteiger partial charge on any atom is 0.404 e. The van der Waals surface area contributed by atoms with Gasteiger partial charge in [-0.2, -0.15) is 23.4 Å². The van der Waals surface area contributed by atoms with Gasteiger partial charge in [0.25, 0.3) is 0 Å². The van der Waals surface area contributed by atoms with E-state index in [2.05, 4.69) is 15.5 Å². The van der Waals surface area contributed by atoms with Crippen molar-refractivity contribution in [1.82, 2.24) is 15.5 Å². The molecule has 1 saturated heterocycles. The minimum Gasteiger partial charge on any atom is -0.338 e. The molecule has 1 atom stereocenters. The molecule has 0 amide bonds. The average Bonchev–Trinajstić information content (AvgIpc) is 3.16. The highest BCUT2D eigenvalue weighted by molar-refractivity contribution is 5.56. The number of halogens is 3. The van der Waals surface area contributed by atoms with Gasteiger partial charge in [0.1, 0.15) is 0 Å². The number of nitrogens with one attached hydrogen (secondary N) is 1. The molecule has 2 aromatic rings. The first-order valence-corrected chi connectivity index (χ1v) is 6.58. The number of nitrogens with zero attached hydrogens (tertiary/aromatic N) is 3. The summed E-state index contributed by atoms with van der Waals surface area (Å²) < 4.78 is 45.1. The summed E-state index contributed by atoms with van der Waals surface area (Å²) in [4.78, 5) is 3.94. The van der Waals surface area contributed by atoms with E-state index in [1.807, 2.05) is 6.07 Å². The van der Waals surface area contributed by atoms with Crippen molar-refractivity contribution in [1.29, 1.82) is 5.26 Å². The first-order chi connectivity index (χ1) is 10.5. The third-order valence-electron chi connectivity index (χ3n) is 3.81. The predicted octanol–water partition coefficient (Wildman–Crippen LogP) is 2.40. The first kappa shape index (κ1) is 14.5. The molecule has 1 N–H and O–H groups in total. The van der Waals surface area contributed by atoms with Gasteiger partial charge in [0.2, 0.25) is 11.7 Å². The highest BCUT2D eigenvalue weighted by Gasteiger charge is 2.61. The van der Waals surface area contributed by atoms with Crippen LogP contribution in [0.3, 0.4) is 0 Å². The van der Waals surface area contributed by atoms with Crippen LogP contribution in [-0.2, 0) is 5.41 Å². The Bertz CT molecular complexity index is 709. The van der Waals surface area contributed by atoms with Gasteiger partial charge in [0, 0.05) is 12.1 Å². The van der Waals surface area contributed by atoms with Crippen molar-refractivity contribution in [3.63, 3.8) is 0 Å². The molecule has 1 aliphatic heterocycles. The van der Waals surface area contributed by atoms with Crippen molar-refractivity contribution in [3.05, 3.63) is 35.7 Å². The van der Waals surface area contributed by atoms with Crippen LogP contribution in [0, 0.1) is 11.3 Å². The number of alkyl halides is 3. The molecule has 1 fully saturated rings. The average molecular weight is 308 g/mol. The molecule has 5 nitrogen and oxygen atoms in total. The van der Waals surface area contributed by atoms with Gasteiger partial charge in [-0.25, -0.2) is 0 Å². The summed E-state index contributed by atoms with van der Waals surface area (Å²) in [6.45, 7) is -0.0282. The maximum absolute atomic E-state index is 13.4. The lowest BCUT2D eigenvalue weighted by Gasteiger charge is -2.26. The minimum atomic E-state index is -4.47. The standard InChI is InChI=1S/C14H11F3N4O/c15-14(16,17)13(5-6-19-8-13)12-20-11(21-22-12)10-3-1-9(7-18)2-4-10/h1-4,19H,5-6,8H2/t13-/m0/s1. The second-order valence-electron chi connectivity index (χ2n) is 5.12. The monoisotopic (exact) mass is 308 g/mol. The summed E-state index contributed by atoms with van der Waals surface area (Å²) >= 11 is 0. The van der Waals surface area contributed by atoms with Gasteiger partial charge in [0.05, 0.1) is 11.6 Å². The van der Waals surface area contributed by atoms with E-state index >= 15 is 0 Å². The van der Waals surface area contributed by atoms with E-state index in [4.69, 9.17) is 9.78 Å². The summed E-state index contributed by atoms with van der Waals surface area (Å²) in [6, 6.07) is 8.19. The molecule has 22 heavy (non-hydrogen) atoms. The molecule has 2 heterocycles. The first-order valence-electron chi connectivity index (χ1n) is 6.58. The number of rotatable bonds is 2. The number of hydrogen-bond acceptors (Lipinski definition) is 5. The highest BCUT2D eigenvalue weighted by atomic mass is 19.4. The van der Waals surface area contributed by atoms with Gasteiger partial charge >= 0.3 is 6.18 Å². The third-order valence-corrected chi connectivity index (χ3v) is 3.81. The zero-order valence-corrected chi connectivity index (χ0v) is 11.3. The molecule has 0 unspecified atom stereocenters. The Morgan fingerprint density at radius 2 is 2.00 bits per heavy atom. The van der Waals surface area contributed by atoms with Crippen molar-refractivity contribution in [2.45, 2.75) is 18.0 Å². The molecule has 1 aromatic carbocycles. The lowest BCUT2D eigenvalue weighted by atomic mass is 9.86. The Kier molecular flexibility index (Phi) is 3.37. The molecule has 0 aliphatic carbocycles. The fourth-order valence-corrected chi connectivity index (χ4v) is 2.47. The Hall–Kier alpha value is -2.40. The number of aromatic nitrogens is 2. The zero-order valence-electron chi connectivity index (χ0n) is 11.3. The van der Waals surface area contributed by atoms with Crippen molar-refractivity contribution in [3.8, 4) is 17.5 Å². The van der Waals surface area contributed by atoms with Gasteiger partial charge in [-0.15, -0.1) is 0 Å². The Balaban J connectivity index is 1.97. The molecule has 3 rings (SSSR count). The number of hydrogen-bond donors (Lipinski definition) is 1. The van der Waals surface area contributed by atoms with E-state index < -0.39 is 17.5 Å². The second-order valence-corrected chi connectivity index (χ2v) is 5.12. The molecule has 1 aliphatic rings. The van der Waals surface area contributed by atoms with Crippen molar-refractivity contribution < 1.29 is 17.7 Å². The lowest BCUT2D eigenvalue weighted by Crippen LogP contribution is -2.44. The second kappa shape index (κ2) is 5.10. The normalized spacial score (nSPS) is 21.7. The van der Waals surface area contributed by atoms with E-state index in [1.165, 1.54) is 0 Å². The molecular formula is C14H11F3N4O. The fourth-order valence-electron chi connectivity index (χ4n) is 2.47. The summed E-state index contributed by atoms with van der Waals surface area (Å²) in [7, 11) is 0. The van der Waals surface area contributed by atoms with Gasteiger partial charge in [-0.3, -0.25) is 0 Å². The molecule has 0 spiro atoms. The van der Waals surface area contributed by atoms with Crippen LogP contribution < -0.4 is 5.32 Å². The van der Waals surface area contributed by atoms with Crippen LogP contribution in [0.2, 0.25) is 0 Å². The van der Waals surface area contributed by atoms with E-state index in [9.17, 15) is 13.2 Å². The topological polar surface area (TPSA) is 74.7 Å². The largest absolute Gasteiger partial charge is 0.404 e. The lowest BCUT2D eigenvalue weighted by molar-refractivity contribution is -0.191. The smallest absolute Gasteiger partial charge is 0.338 e. The molecule has 8 heteroatoms. The summed E-state index contributed by atoms with van der Waals surface area (Å²) in [5, 5.41) is 15.1. The molecular weight excluding hydrogens is 297 g/mol. The van der Waals surface area contributed by atoms with Crippen molar-refractivity contribution in [2.75, 3.05) is 13.1 Å². The maximum atomic E-state index is 13.4. The van der Waals surface area contributed by atoms with Crippen LogP contribution >= 0.6 is 0 Å². The Morgan fingerprint density at radius 3 is 2.55 bits per heavy atom. The summed E-state index contributed by atoms with van der Waals surface area (Å²) in [5.41, 5.74) is -1.19. The Morgan fingerprint density at radius 1 is 1.27 bits per heavy atom. The van der Waals surface area contributed by atoms with Gasteiger partial charge < -0.3 is 9.84 Å². The van der Waals surface area contributed by atoms with E-state index in [1.54, 1.807) is 24.3 Å². The molecule has 0 saturated carbocycles. The Labute approximate surface area is 123 Å². The number of benzene rings is 1. The van der Waals surface area contributed by atoms with E-state index in [0.717, 1.165) is 0 Å². The highest BCUT2D eigenvalue weighted by Crippen LogP contribution is 2.45.